The van der Waals surface area contributed by atoms with Crippen molar-refractivity contribution in [1.29, 1.82) is 0 Å². The van der Waals surface area contributed by atoms with Crippen molar-refractivity contribution in [2.24, 2.45) is 16.6 Å². The van der Waals surface area contributed by atoms with E-state index in [0.717, 1.165) is 6.54 Å². The molecule has 0 aliphatic heterocycles. The molecule has 0 aliphatic rings. The molecule has 0 unspecified atom stereocenters. The van der Waals surface area contributed by atoms with E-state index in [4.69, 9.17) is 17.3 Å². The first-order chi connectivity index (χ1) is 5.50. The molecular formula is C10H22ClNO. The second-order valence-electron chi connectivity index (χ2n) is 5.29. The molecule has 0 aromatic rings. The van der Waals surface area contributed by atoms with Crippen molar-refractivity contribution < 1.29 is 4.79 Å². The first-order valence-corrected chi connectivity index (χ1v) is 4.78. The molecular weight excluding hydrogens is 186 g/mol. The molecule has 0 aromatic carbocycles. The average Bonchev–Trinajstić information content (AvgIpc) is 1.85. The van der Waals surface area contributed by atoms with Gasteiger partial charge in [0.05, 0.1) is 0 Å². The molecule has 0 bridgehead atoms. The topological polar surface area (TPSA) is 43.1 Å². The second kappa shape index (κ2) is 5.61. The van der Waals surface area contributed by atoms with Crippen molar-refractivity contribution in [3.63, 3.8) is 0 Å². The van der Waals surface area contributed by atoms with E-state index in [1.54, 1.807) is 20.8 Å². The van der Waals surface area contributed by atoms with Crippen molar-refractivity contribution in [1.82, 2.24) is 0 Å². The SMILES string of the molecule is CC(C)(C)C(=O)Cl.CC(C)(C)CN. The Balaban J connectivity index is 0. The van der Waals surface area contributed by atoms with Crippen LogP contribution in [0.2, 0.25) is 0 Å². The smallest absolute Gasteiger partial charge is 0.226 e. The van der Waals surface area contributed by atoms with Crippen LogP contribution in [0.4, 0.5) is 0 Å². The average molecular weight is 208 g/mol. The summed E-state index contributed by atoms with van der Waals surface area (Å²) >= 11 is 5.11. The van der Waals surface area contributed by atoms with Crippen LogP contribution in [0.3, 0.4) is 0 Å². The highest BCUT2D eigenvalue weighted by atomic mass is 35.5. The van der Waals surface area contributed by atoms with Crippen LogP contribution in [0.5, 0.6) is 0 Å². The van der Waals surface area contributed by atoms with Crippen molar-refractivity contribution in [2.75, 3.05) is 6.54 Å². The molecule has 0 aliphatic carbocycles. The van der Waals surface area contributed by atoms with Gasteiger partial charge in [-0.1, -0.05) is 41.5 Å². The van der Waals surface area contributed by atoms with Gasteiger partial charge in [0, 0.05) is 5.41 Å². The van der Waals surface area contributed by atoms with Crippen molar-refractivity contribution >= 4 is 16.8 Å². The molecule has 0 heterocycles. The molecule has 0 saturated heterocycles. The molecule has 0 fully saturated rings. The summed E-state index contributed by atoms with van der Waals surface area (Å²) < 4.78 is 0. The van der Waals surface area contributed by atoms with Gasteiger partial charge >= 0.3 is 0 Å². The molecule has 0 amide bonds. The van der Waals surface area contributed by atoms with Crippen molar-refractivity contribution in [2.45, 2.75) is 41.5 Å². The largest absolute Gasteiger partial charge is 0.330 e. The minimum Gasteiger partial charge on any atom is -0.330 e. The predicted octanol–water partition coefficient (Wildman–Crippen LogP) is 2.79. The third-order valence-corrected chi connectivity index (χ3v) is 1.77. The Bertz CT molecular complexity index is 153. The van der Waals surface area contributed by atoms with E-state index in [2.05, 4.69) is 20.8 Å². The standard InChI is InChI=1S/C5H9ClO.C5H13N/c1-5(2,3)4(6)7;1-5(2,3)4-6/h1-3H3;4,6H2,1-3H3. The Morgan fingerprint density at radius 2 is 1.31 bits per heavy atom. The van der Waals surface area contributed by atoms with E-state index in [-0.39, 0.29) is 10.7 Å². The number of nitrogens with two attached hydrogens (primary N) is 1. The lowest BCUT2D eigenvalue weighted by atomic mass is 9.98. The summed E-state index contributed by atoms with van der Waals surface area (Å²) in [5.74, 6) is 0. The van der Waals surface area contributed by atoms with Gasteiger partial charge in [0.2, 0.25) is 5.24 Å². The number of hydrogen-bond acceptors (Lipinski definition) is 2. The molecule has 0 saturated carbocycles. The van der Waals surface area contributed by atoms with Gasteiger partial charge < -0.3 is 5.73 Å². The van der Waals surface area contributed by atoms with E-state index in [9.17, 15) is 4.79 Å². The van der Waals surface area contributed by atoms with Crippen LogP contribution in [-0.4, -0.2) is 11.8 Å². The quantitative estimate of drug-likeness (QED) is 0.621. The first kappa shape index (κ1) is 15.4. The van der Waals surface area contributed by atoms with Gasteiger partial charge in [-0.05, 0) is 23.6 Å². The van der Waals surface area contributed by atoms with Crippen LogP contribution in [0.25, 0.3) is 0 Å². The predicted molar refractivity (Wildman–Crippen MR) is 58.8 cm³/mol. The zero-order valence-electron chi connectivity index (χ0n) is 9.57. The minimum absolute atomic E-state index is 0.285. The van der Waals surface area contributed by atoms with Crippen molar-refractivity contribution in [3.05, 3.63) is 0 Å². The van der Waals surface area contributed by atoms with Crippen LogP contribution < -0.4 is 5.73 Å². The highest BCUT2D eigenvalue weighted by molar-refractivity contribution is 6.64. The van der Waals surface area contributed by atoms with Crippen LogP contribution in [0, 0.1) is 10.8 Å². The Labute approximate surface area is 86.8 Å². The van der Waals surface area contributed by atoms with E-state index in [1.807, 2.05) is 0 Å². The van der Waals surface area contributed by atoms with Crippen molar-refractivity contribution in [3.8, 4) is 0 Å². The molecule has 80 valence electrons. The van der Waals surface area contributed by atoms with Crippen LogP contribution in [-0.2, 0) is 4.79 Å². The third-order valence-electron chi connectivity index (χ3n) is 1.20. The normalized spacial score (nSPS) is 11.7. The van der Waals surface area contributed by atoms with Gasteiger partial charge in [0.1, 0.15) is 0 Å². The van der Waals surface area contributed by atoms with Crippen LogP contribution in [0.15, 0.2) is 0 Å². The molecule has 0 aromatic heterocycles. The van der Waals surface area contributed by atoms with Crippen LogP contribution in [0.1, 0.15) is 41.5 Å². The molecule has 13 heavy (non-hydrogen) atoms. The fraction of sp³-hybridized carbons (Fsp3) is 0.900. The van der Waals surface area contributed by atoms with Crippen LogP contribution >= 0.6 is 11.6 Å². The summed E-state index contributed by atoms with van der Waals surface area (Å²) in [4.78, 5) is 10.2. The maximum absolute atomic E-state index is 10.2. The summed E-state index contributed by atoms with van der Waals surface area (Å²) in [5, 5.41) is -0.285. The highest BCUT2D eigenvalue weighted by Crippen LogP contribution is 2.15. The number of hydrogen-bond donors (Lipinski definition) is 1. The maximum atomic E-state index is 10.2. The molecule has 3 heteroatoms. The Morgan fingerprint density at radius 1 is 1.15 bits per heavy atom. The monoisotopic (exact) mass is 207 g/mol. The summed E-state index contributed by atoms with van der Waals surface area (Å²) in [6, 6.07) is 0. The maximum Gasteiger partial charge on any atom is 0.226 e. The molecule has 2 N–H and O–H groups in total. The second-order valence-corrected chi connectivity index (χ2v) is 5.63. The number of rotatable bonds is 0. The zero-order chi connectivity index (χ0) is 11.3. The number of carbonyl (C=O) groups excluding carboxylic acids is 1. The fourth-order valence-electron chi connectivity index (χ4n) is 0. The van der Waals surface area contributed by atoms with E-state index in [1.165, 1.54) is 0 Å². The first-order valence-electron chi connectivity index (χ1n) is 4.40. The number of halogens is 1. The van der Waals surface area contributed by atoms with E-state index < -0.39 is 0 Å². The third kappa shape index (κ3) is 14.7. The Kier molecular flexibility index (Phi) is 6.64. The van der Waals surface area contributed by atoms with Gasteiger partial charge in [0.15, 0.2) is 0 Å². The summed E-state index contributed by atoms with van der Waals surface area (Å²) in [5.41, 5.74) is 5.25. The lowest BCUT2D eigenvalue weighted by Gasteiger charge is -2.12. The van der Waals surface area contributed by atoms with E-state index >= 15 is 0 Å². The van der Waals surface area contributed by atoms with Gasteiger partial charge in [-0.3, -0.25) is 4.79 Å². The molecule has 2 nitrogen and oxygen atoms in total. The van der Waals surface area contributed by atoms with Gasteiger partial charge in [0.25, 0.3) is 0 Å². The van der Waals surface area contributed by atoms with Gasteiger partial charge in [-0.25, -0.2) is 0 Å². The summed E-state index contributed by atoms with van der Waals surface area (Å²) in [6.07, 6.45) is 0. The summed E-state index contributed by atoms with van der Waals surface area (Å²) in [7, 11) is 0. The minimum atomic E-state index is -0.373. The van der Waals surface area contributed by atoms with Gasteiger partial charge in [-0.15, -0.1) is 0 Å². The highest BCUT2D eigenvalue weighted by Gasteiger charge is 2.17. The molecule has 0 atom stereocenters. The molecule has 0 rings (SSSR count). The molecule has 0 spiro atoms. The fourth-order valence-corrected chi connectivity index (χ4v) is 0. The number of carbonyl (C=O) groups is 1. The lowest BCUT2D eigenvalue weighted by Crippen LogP contribution is -2.18. The lowest BCUT2D eigenvalue weighted by molar-refractivity contribution is -0.118. The zero-order valence-corrected chi connectivity index (χ0v) is 10.3. The Hall–Kier alpha value is -0.0800. The Morgan fingerprint density at radius 3 is 1.31 bits per heavy atom. The van der Waals surface area contributed by atoms with Gasteiger partial charge in [-0.2, -0.15) is 0 Å². The van der Waals surface area contributed by atoms with E-state index in [0.29, 0.717) is 5.41 Å². The molecule has 0 radical (unpaired) electrons. The summed E-state index contributed by atoms with van der Waals surface area (Å²) in [6.45, 7) is 12.5.